The van der Waals surface area contributed by atoms with Gasteiger partial charge in [-0.3, -0.25) is 4.98 Å². The van der Waals surface area contributed by atoms with Crippen LogP contribution in [0.25, 0.3) is 39.3 Å². The molecule has 2 aromatic carbocycles. The van der Waals surface area contributed by atoms with Gasteiger partial charge in [0.1, 0.15) is 11.5 Å². The number of aryl methyl sites for hydroxylation is 1. The summed E-state index contributed by atoms with van der Waals surface area (Å²) in [4.78, 5) is 11.9. The lowest BCUT2D eigenvalue weighted by atomic mass is 10.0. The molecule has 1 atom stereocenters. The van der Waals surface area contributed by atoms with E-state index in [9.17, 15) is 5.11 Å². The maximum atomic E-state index is 10.0. The Morgan fingerprint density at radius 2 is 1.78 bits per heavy atom. The van der Waals surface area contributed by atoms with Gasteiger partial charge in [-0.2, -0.15) is 5.10 Å². The van der Waals surface area contributed by atoms with Gasteiger partial charge < -0.3 is 10.0 Å². The van der Waals surface area contributed by atoms with Gasteiger partial charge in [0.05, 0.1) is 28.9 Å². The molecular formula is C29H25Cl2N5O. The average molecular weight is 530 g/mol. The number of aliphatic hydroxyl groups excluding tert-OH is 1. The van der Waals surface area contributed by atoms with E-state index in [0.29, 0.717) is 15.7 Å². The molecule has 6 rings (SSSR count). The van der Waals surface area contributed by atoms with E-state index in [2.05, 4.69) is 9.88 Å². The second-order valence-electron chi connectivity index (χ2n) is 9.31. The highest BCUT2D eigenvalue weighted by Gasteiger charge is 2.28. The van der Waals surface area contributed by atoms with Crippen molar-refractivity contribution in [3.05, 3.63) is 88.7 Å². The largest absolute Gasteiger partial charge is 0.394 e. The molecule has 0 aliphatic carbocycles. The van der Waals surface area contributed by atoms with Gasteiger partial charge in [-0.15, -0.1) is 0 Å². The summed E-state index contributed by atoms with van der Waals surface area (Å²) in [7, 11) is 0. The second kappa shape index (κ2) is 9.78. The molecule has 0 bridgehead atoms. The maximum Gasteiger partial charge on any atom is 0.166 e. The summed E-state index contributed by atoms with van der Waals surface area (Å²) < 4.78 is 1.88. The van der Waals surface area contributed by atoms with Crippen LogP contribution in [0.1, 0.15) is 18.5 Å². The van der Waals surface area contributed by atoms with Crippen LogP contribution in [0.2, 0.25) is 10.0 Å². The molecule has 0 spiro atoms. The third kappa shape index (κ3) is 4.35. The number of rotatable bonds is 5. The number of hydrogen-bond acceptors (Lipinski definition) is 5. The number of benzene rings is 2. The van der Waals surface area contributed by atoms with Crippen molar-refractivity contribution in [1.82, 2.24) is 19.6 Å². The van der Waals surface area contributed by atoms with Crippen molar-refractivity contribution < 1.29 is 5.11 Å². The van der Waals surface area contributed by atoms with Gasteiger partial charge in [0.2, 0.25) is 0 Å². The highest BCUT2D eigenvalue weighted by molar-refractivity contribution is 6.33. The zero-order valence-corrected chi connectivity index (χ0v) is 21.8. The Hall–Kier alpha value is -3.45. The maximum absolute atomic E-state index is 10.0. The molecule has 1 aliphatic rings. The Morgan fingerprint density at radius 1 is 1.00 bits per heavy atom. The summed E-state index contributed by atoms with van der Waals surface area (Å²) in [5.74, 6) is 0.806. The van der Waals surface area contributed by atoms with Crippen LogP contribution in [-0.4, -0.2) is 43.9 Å². The molecule has 37 heavy (non-hydrogen) atoms. The van der Waals surface area contributed by atoms with Crippen LogP contribution in [0.4, 0.5) is 5.82 Å². The lowest BCUT2D eigenvalue weighted by molar-refractivity contribution is 0.266. The van der Waals surface area contributed by atoms with Crippen LogP contribution in [0.15, 0.2) is 72.9 Å². The minimum absolute atomic E-state index is 0.0314. The Kier molecular flexibility index (Phi) is 6.32. The van der Waals surface area contributed by atoms with Crippen LogP contribution in [0.5, 0.6) is 0 Å². The zero-order valence-electron chi connectivity index (χ0n) is 20.3. The fraction of sp³-hybridized carbons (Fsp3) is 0.207. The van der Waals surface area contributed by atoms with E-state index in [0.717, 1.165) is 64.5 Å². The lowest BCUT2D eigenvalue weighted by Gasteiger charge is -2.25. The average Bonchev–Trinajstić information content (AvgIpc) is 3.54. The quantitative estimate of drug-likeness (QED) is 0.274. The van der Waals surface area contributed by atoms with Gasteiger partial charge in [0.15, 0.2) is 5.65 Å². The second-order valence-corrected chi connectivity index (χ2v) is 10.1. The van der Waals surface area contributed by atoms with Gasteiger partial charge in [-0.1, -0.05) is 53.5 Å². The van der Waals surface area contributed by atoms with E-state index in [1.165, 1.54) is 0 Å². The highest BCUT2D eigenvalue weighted by Crippen LogP contribution is 2.40. The molecule has 3 aromatic heterocycles. The Balaban J connectivity index is 1.70. The molecule has 1 N–H and O–H groups in total. The minimum Gasteiger partial charge on any atom is -0.394 e. The molecule has 1 aliphatic heterocycles. The van der Waals surface area contributed by atoms with Crippen LogP contribution in [0.3, 0.4) is 0 Å². The lowest BCUT2D eigenvalue weighted by Crippen LogP contribution is -2.32. The molecule has 0 amide bonds. The molecule has 5 aromatic rings. The highest BCUT2D eigenvalue weighted by atomic mass is 35.5. The van der Waals surface area contributed by atoms with Crippen molar-refractivity contribution in [1.29, 1.82) is 0 Å². The summed E-state index contributed by atoms with van der Waals surface area (Å²) in [5, 5.41) is 16.4. The molecule has 1 saturated heterocycles. The predicted molar refractivity (Wildman–Crippen MR) is 149 cm³/mol. The summed E-state index contributed by atoms with van der Waals surface area (Å²) in [6.45, 7) is 2.89. The first-order chi connectivity index (χ1) is 18.0. The summed E-state index contributed by atoms with van der Waals surface area (Å²) in [6, 6.07) is 21.5. The monoisotopic (exact) mass is 529 g/mol. The summed E-state index contributed by atoms with van der Waals surface area (Å²) in [6.07, 6.45) is 3.80. The molecule has 186 valence electrons. The summed E-state index contributed by atoms with van der Waals surface area (Å²) in [5.41, 5.74) is 6.80. The fourth-order valence-electron chi connectivity index (χ4n) is 5.03. The van der Waals surface area contributed by atoms with Crippen molar-refractivity contribution in [2.75, 3.05) is 18.1 Å². The third-order valence-corrected chi connectivity index (χ3v) is 7.51. The molecular weight excluding hydrogens is 505 g/mol. The Bertz CT molecular complexity index is 1580. The van der Waals surface area contributed by atoms with Crippen molar-refractivity contribution in [2.45, 2.75) is 25.8 Å². The van der Waals surface area contributed by atoms with Gasteiger partial charge in [-0.05, 0) is 55.7 Å². The molecule has 1 fully saturated rings. The van der Waals surface area contributed by atoms with Gasteiger partial charge in [0, 0.05) is 40.7 Å². The van der Waals surface area contributed by atoms with Gasteiger partial charge >= 0.3 is 0 Å². The topological polar surface area (TPSA) is 66.5 Å². The van der Waals surface area contributed by atoms with Crippen LogP contribution < -0.4 is 4.90 Å². The fourth-order valence-corrected chi connectivity index (χ4v) is 5.38. The third-order valence-electron chi connectivity index (χ3n) is 6.93. The number of halogens is 2. The number of nitrogens with zero attached hydrogens (tertiary/aromatic N) is 5. The van der Waals surface area contributed by atoms with Crippen molar-refractivity contribution in [2.24, 2.45) is 0 Å². The van der Waals surface area contributed by atoms with Crippen molar-refractivity contribution in [3.8, 4) is 33.6 Å². The number of hydrogen-bond donors (Lipinski definition) is 1. The Labute approximate surface area is 225 Å². The van der Waals surface area contributed by atoms with E-state index in [-0.39, 0.29) is 12.6 Å². The molecule has 0 saturated carbocycles. The first-order valence-electron chi connectivity index (χ1n) is 12.3. The molecule has 4 heterocycles. The normalized spacial score (nSPS) is 15.6. The van der Waals surface area contributed by atoms with Gasteiger partial charge in [0.25, 0.3) is 0 Å². The van der Waals surface area contributed by atoms with E-state index < -0.39 is 0 Å². The molecule has 0 radical (unpaired) electrons. The molecule has 8 heteroatoms. The van der Waals surface area contributed by atoms with E-state index in [4.69, 9.17) is 33.3 Å². The van der Waals surface area contributed by atoms with Gasteiger partial charge in [-0.25, -0.2) is 9.50 Å². The SMILES string of the molecule is Cc1ccc(-c2cc(N3CCC[C@H]3CO)nc3c(-c4ccc(Cl)cc4)c(-c4ccccc4Cl)nn23)cn1. The smallest absolute Gasteiger partial charge is 0.166 e. The van der Waals surface area contributed by atoms with Crippen molar-refractivity contribution >= 4 is 34.7 Å². The molecule has 0 unspecified atom stereocenters. The van der Waals surface area contributed by atoms with E-state index >= 15 is 0 Å². The summed E-state index contributed by atoms with van der Waals surface area (Å²) >= 11 is 12.9. The predicted octanol–water partition coefficient (Wildman–Crippen LogP) is 6.70. The van der Waals surface area contributed by atoms with Crippen molar-refractivity contribution in [3.63, 3.8) is 0 Å². The van der Waals surface area contributed by atoms with E-state index in [1.807, 2.05) is 84.4 Å². The Morgan fingerprint density at radius 3 is 2.51 bits per heavy atom. The number of aliphatic hydroxyl groups is 1. The number of fused-ring (bicyclic) bond motifs is 1. The van der Waals surface area contributed by atoms with E-state index in [1.54, 1.807) is 0 Å². The number of anilines is 1. The van der Waals surface area contributed by atoms with Crippen LogP contribution in [0, 0.1) is 6.92 Å². The van der Waals surface area contributed by atoms with Crippen LogP contribution in [-0.2, 0) is 0 Å². The number of aromatic nitrogens is 4. The number of pyridine rings is 1. The van der Waals surface area contributed by atoms with Crippen LogP contribution >= 0.6 is 23.2 Å². The molecule has 6 nitrogen and oxygen atoms in total. The first-order valence-corrected chi connectivity index (χ1v) is 13.0. The minimum atomic E-state index is 0.0314. The first kappa shape index (κ1) is 23.9. The standard InChI is InChI=1S/C29H25Cl2N5O/c1-18-8-9-20(16-32-18)25-15-26(35-14-4-5-22(35)17-37)33-29-27(19-10-12-21(30)13-11-19)28(34-36(25)29)23-6-2-3-7-24(23)31/h2-3,6-13,15-16,22,37H,4-5,14,17H2,1H3/t22-/m0/s1. The zero-order chi connectivity index (χ0) is 25.5.